The van der Waals surface area contributed by atoms with Gasteiger partial charge in [-0.3, -0.25) is 9.78 Å². The van der Waals surface area contributed by atoms with E-state index in [0.717, 1.165) is 27.7 Å². The number of pyridine rings is 1. The molecule has 0 aliphatic carbocycles. The van der Waals surface area contributed by atoms with Crippen molar-refractivity contribution in [2.24, 2.45) is 0 Å². The van der Waals surface area contributed by atoms with Crippen molar-refractivity contribution in [2.75, 3.05) is 20.3 Å². The van der Waals surface area contributed by atoms with Crippen LogP contribution < -0.4 is 0 Å². The van der Waals surface area contributed by atoms with Crippen LogP contribution in [-0.2, 0) is 4.74 Å². The Morgan fingerprint density at radius 1 is 1.30 bits per heavy atom. The lowest BCUT2D eigenvalue weighted by atomic mass is 9.98. The highest BCUT2D eigenvalue weighted by Crippen LogP contribution is 2.26. The van der Waals surface area contributed by atoms with E-state index in [0.29, 0.717) is 12.2 Å². The van der Waals surface area contributed by atoms with E-state index in [1.807, 2.05) is 39.0 Å². The van der Waals surface area contributed by atoms with Crippen LogP contribution in [0.25, 0.3) is 10.9 Å². The van der Waals surface area contributed by atoms with Crippen LogP contribution >= 0.6 is 0 Å². The van der Waals surface area contributed by atoms with Gasteiger partial charge in [0, 0.05) is 18.1 Å². The van der Waals surface area contributed by atoms with Gasteiger partial charge >= 0.3 is 0 Å². The van der Waals surface area contributed by atoms with Gasteiger partial charge < -0.3 is 14.7 Å². The molecule has 0 spiro atoms. The third kappa shape index (κ3) is 2.71. The van der Waals surface area contributed by atoms with Gasteiger partial charge in [-0.1, -0.05) is 11.6 Å². The first kappa shape index (κ1) is 15.9. The Labute approximate surface area is 135 Å². The highest BCUT2D eigenvalue weighted by molar-refractivity contribution is 6.07. The Kier molecular flexibility index (Phi) is 4.08. The lowest BCUT2D eigenvalue weighted by molar-refractivity contribution is 0.0582. The highest BCUT2D eigenvalue weighted by atomic mass is 16.5. The lowest BCUT2D eigenvalue weighted by Gasteiger charge is -2.27. The number of likely N-dealkylation sites (N-methyl/N-ethyl adjacent to an activating group) is 1. The summed E-state index contributed by atoms with van der Waals surface area (Å²) in [5.41, 5.74) is 4.30. The SMILES string of the molecule is Cc1ccc2nc(C)c(C)c(C(=O)N(C)C3COCC3O)c2c1. The molecule has 3 rings (SSSR count). The normalized spacial score (nSPS) is 20.9. The number of rotatable bonds is 2. The van der Waals surface area contributed by atoms with Crippen LogP contribution in [0.3, 0.4) is 0 Å². The van der Waals surface area contributed by atoms with Gasteiger partial charge in [-0.2, -0.15) is 0 Å². The first-order chi connectivity index (χ1) is 10.9. The first-order valence-electron chi connectivity index (χ1n) is 7.80. The number of carbonyl (C=O) groups excluding carboxylic acids is 1. The van der Waals surface area contributed by atoms with Gasteiger partial charge in [0.15, 0.2) is 0 Å². The van der Waals surface area contributed by atoms with Gasteiger partial charge in [-0.05, 0) is 38.5 Å². The maximum atomic E-state index is 13.1. The number of hydrogen-bond acceptors (Lipinski definition) is 4. The minimum atomic E-state index is -0.639. The summed E-state index contributed by atoms with van der Waals surface area (Å²) in [6.45, 7) is 6.48. The zero-order valence-corrected chi connectivity index (χ0v) is 14.0. The summed E-state index contributed by atoms with van der Waals surface area (Å²) in [6, 6.07) is 5.63. The Hall–Kier alpha value is -1.98. The van der Waals surface area contributed by atoms with E-state index in [2.05, 4.69) is 4.98 Å². The minimum Gasteiger partial charge on any atom is -0.388 e. The van der Waals surface area contributed by atoms with Crippen LogP contribution in [0.15, 0.2) is 18.2 Å². The van der Waals surface area contributed by atoms with Gasteiger partial charge in [0.05, 0.1) is 36.4 Å². The smallest absolute Gasteiger partial charge is 0.255 e. The fraction of sp³-hybridized carbons (Fsp3) is 0.444. The molecule has 1 amide bonds. The van der Waals surface area contributed by atoms with E-state index in [1.54, 1.807) is 11.9 Å². The summed E-state index contributed by atoms with van der Waals surface area (Å²) in [5.74, 6) is -0.0989. The monoisotopic (exact) mass is 314 g/mol. The predicted octanol–water partition coefficient (Wildman–Crippen LogP) is 1.99. The van der Waals surface area contributed by atoms with Crippen LogP contribution in [0.1, 0.15) is 27.2 Å². The number of benzene rings is 1. The second-order valence-corrected chi connectivity index (χ2v) is 6.31. The average molecular weight is 314 g/mol. The molecule has 1 N–H and O–H groups in total. The van der Waals surface area contributed by atoms with E-state index in [4.69, 9.17) is 4.74 Å². The Balaban J connectivity index is 2.12. The number of aryl methyl sites for hydroxylation is 2. The molecule has 23 heavy (non-hydrogen) atoms. The van der Waals surface area contributed by atoms with Crippen LogP contribution in [-0.4, -0.2) is 53.3 Å². The molecule has 1 aromatic carbocycles. The number of amides is 1. The topological polar surface area (TPSA) is 62.7 Å². The molecule has 2 aromatic rings. The summed E-state index contributed by atoms with van der Waals surface area (Å²) in [4.78, 5) is 19.3. The molecule has 2 heterocycles. The number of aliphatic hydroxyl groups excluding tert-OH is 1. The van der Waals surface area contributed by atoms with Gasteiger partial charge in [0.25, 0.3) is 5.91 Å². The molecule has 122 valence electrons. The molecule has 1 saturated heterocycles. The Bertz CT molecular complexity index is 772. The number of hydrogen-bond donors (Lipinski definition) is 1. The van der Waals surface area contributed by atoms with E-state index in [-0.39, 0.29) is 18.6 Å². The van der Waals surface area contributed by atoms with E-state index in [1.165, 1.54) is 0 Å². The quantitative estimate of drug-likeness (QED) is 0.921. The molecule has 1 aliphatic rings. The number of nitrogens with zero attached hydrogens (tertiary/aromatic N) is 2. The molecule has 5 heteroatoms. The Morgan fingerprint density at radius 2 is 2.04 bits per heavy atom. The van der Waals surface area contributed by atoms with Crippen molar-refractivity contribution >= 4 is 16.8 Å². The van der Waals surface area contributed by atoms with Crippen LogP contribution in [0, 0.1) is 20.8 Å². The van der Waals surface area contributed by atoms with E-state index >= 15 is 0 Å². The third-order valence-electron chi connectivity index (χ3n) is 4.68. The molecular formula is C18H22N2O3. The summed E-state index contributed by atoms with van der Waals surface area (Å²) in [6.07, 6.45) is -0.639. The van der Waals surface area contributed by atoms with Crippen LogP contribution in [0.5, 0.6) is 0 Å². The minimum absolute atomic E-state index is 0.0989. The van der Waals surface area contributed by atoms with Crippen molar-refractivity contribution in [1.29, 1.82) is 0 Å². The van der Waals surface area contributed by atoms with Crippen molar-refractivity contribution in [3.8, 4) is 0 Å². The van der Waals surface area contributed by atoms with Crippen LogP contribution in [0.4, 0.5) is 0 Å². The number of carbonyl (C=O) groups is 1. The van der Waals surface area contributed by atoms with Gasteiger partial charge in [-0.15, -0.1) is 0 Å². The fourth-order valence-electron chi connectivity index (χ4n) is 3.10. The molecule has 0 saturated carbocycles. The average Bonchev–Trinajstić information content (AvgIpc) is 2.94. The van der Waals surface area contributed by atoms with Crippen molar-refractivity contribution in [2.45, 2.75) is 32.9 Å². The van der Waals surface area contributed by atoms with Crippen molar-refractivity contribution in [1.82, 2.24) is 9.88 Å². The molecule has 2 unspecified atom stereocenters. The number of ether oxygens (including phenoxy) is 1. The summed E-state index contributed by atoms with van der Waals surface area (Å²) >= 11 is 0. The molecule has 1 aliphatic heterocycles. The maximum Gasteiger partial charge on any atom is 0.255 e. The second-order valence-electron chi connectivity index (χ2n) is 6.31. The zero-order chi connectivity index (χ0) is 16.7. The van der Waals surface area contributed by atoms with Crippen molar-refractivity contribution in [3.63, 3.8) is 0 Å². The summed E-state index contributed by atoms with van der Waals surface area (Å²) in [5, 5.41) is 10.9. The molecular weight excluding hydrogens is 292 g/mol. The van der Waals surface area contributed by atoms with E-state index < -0.39 is 6.10 Å². The highest BCUT2D eigenvalue weighted by Gasteiger charge is 2.33. The fourth-order valence-corrected chi connectivity index (χ4v) is 3.10. The molecule has 0 radical (unpaired) electrons. The maximum absolute atomic E-state index is 13.1. The van der Waals surface area contributed by atoms with Gasteiger partial charge in [0.2, 0.25) is 0 Å². The molecule has 0 bridgehead atoms. The zero-order valence-electron chi connectivity index (χ0n) is 14.0. The standard InChI is InChI=1S/C18H22N2O3/c1-10-5-6-14-13(7-10)17(11(2)12(3)19-14)18(22)20(4)15-8-23-9-16(15)21/h5-7,15-16,21H,8-9H2,1-4H3. The number of fused-ring (bicyclic) bond motifs is 1. The molecule has 1 fully saturated rings. The molecule has 1 aromatic heterocycles. The lowest BCUT2D eigenvalue weighted by Crippen LogP contribution is -2.44. The van der Waals surface area contributed by atoms with Crippen molar-refractivity contribution < 1.29 is 14.6 Å². The first-order valence-corrected chi connectivity index (χ1v) is 7.80. The second kappa shape index (κ2) is 5.91. The summed E-state index contributed by atoms with van der Waals surface area (Å²) < 4.78 is 5.28. The Morgan fingerprint density at radius 3 is 2.70 bits per heavy atom. The van der Waals surface area contributed by atoms with Crippen LogP contribution in [0.2, 0.25) is 0 Å². The number of aliphatic hydroxyl groups is 1. The predicted molar refractivity (Wildman–Crippen MR) is 88.7 cm³/mol. The van der Waals surface area contributed by atoms with E-state index in [9.17, 15) is 9.90 Å². The third-order valence-corrected chi connectivity index (χ3v) is 4.68. The largest absolute Gasteiger partial charge is 0.388 e. The summed E-state index contributed by atoms with van der Waals surface area (Å²) in [7, 11) is 1.72. The molecule has 2 atom stereocenters. The van der Waals surface area contributed by atoms with Gasteiger partial charge in [-0.25, -0.2) is 0 Å². The number of aromatic nitrogens is 1. The van der Waals surface area contributed by atoms with Gasteiger partial charge in [0.1, 0.15) is 0 Å². The van der Waals surface area contributed by atoms with Crippen molar-refractivity contribution in [3.05, 3.63) is 40.6 Å². The molecule has 5 nitrogen and oxygen atoms in total.